The zero-order valence-corrected chi connectivity index (χ0v) is 14.4. The van der Waals surface area contributed by atoms with Crippen LogP contribution in [0.3, 0.4) is 0 Å². The molecule has 1 aromatic carbocycles. The Morgan fingerprint density at radius 1 is 1.20 bits per heavy atom. The molecule has 0 spiro atoms. The summed E-state index contributed by atoms with van der Waals surface area (Å²) in [5.74, 6) is 0.341. The first-order valence-electron chi connectivity index (χ1n) is 7.19. The smallest absolute Gasteiger partial charge is 0.434 e. The average molecular weight is 390 g/mol. The van der Waals surface area contributed by atoms with Crippen LogP contribution in [-0.2, 0) is 15.9 Å². The van der Waals surface area contributed by atoms with E-state index in [0.29, 0.717) is 19.1 Å². The summed E-state index contributed by atoms with van der Waals surface area (Å²) >= 11 is 2.29. The maximum Gasteiger partial charge on any atom is 0.508 e. The molecular formula is C16H23IO3. The van der Waals surface area contributed by atoms with Gasteiger partial charge >= 0.3 is 6.16 Å². The van der Waals surface area contributed by atoms with Crippen LogP contribution >= 0.6 is 22.6 Å². The predicted octanol–water partition coefficient (Wildman–Crippen LogP) is 4.81. The standard InChI is InChI=1S/C16H23IO3/c1-3-5-10-19-16(18)20-12-13(4-2)11-14-6-8-15(17)9-7-14/h6-9,13H,3-5,10-12H2,1-2H3/t13-/m0/s1. The van der Waals surface area contributed by atoms with Gasteiger partial charge in [0.25, 0.3) is 0 Å². The highest BCUT2D eigenvalue weighted by molar-refractivity contribution is 14.1. The van der Waals surface area contributed by atoms with E-state index in [1.165, 1.54) is 9.13 Å². The molecule has 0 amide bonds. The third kappa shape index (κ3) is 7.12. The SMILES string of the molecule is CCCCOC(=O)OC[C@@H](CC)Cc1ccc(I)cc1. The van der Waals surface area contributed by atoms with Crippen molar-refractivity contribution in [3.8, 4) is 0 Å². The molecule has 0 unspecified atom stereocenters. The lowest BCUT2D eigenvalue weighted by atomic mass is 9.98. The summed E-state index contributed by atoms with van der Waals surface area (Å²) in [6.45, 7) is 5.04. The van der Waals surface area contributed by atoms with Crippen LogP contribution in [0.4, 0.5) is 4.79 Å². The predicted molar refractivity (Wildman–Crippen MR) is 88.9 cm³/mol. The Balaban J connectivity index is 2.32. The first-order chi connectivity index (χ1) is 9.65. The number of halogens is 1. The van der Waals surface area contributed by atoms with Crippen molar-refractivity contribution in [2.24, 2.45) is 5.92 Å². The van der Waals surface area contributed by atoms with Crippen molar-refractivity contribution in [2.75, 3.05) is 13.2 Å². The van der Waals surface area contributed by atoms with E-state index in [4.69, 9.17) is 9.47 Å². The molecule has 3 nitrogen and oxygen atoms in total. The molecule has 1 rings (SSSR count). The summed E-state index contributed by atoms with van der Waals surface area (Å²) in [6, 6.07) is 8.46. The fraction of sp³-hybridized carbons (Fsp3) is 0.562. The van der Waals surface area contributed by atoms with E-state index in [1.54, 1.807) is 0 Å². The van der Waals surface area contributed by atoms with Gasteiger partial charge in [0.05, 0.1) is 13.2 Å². The molecule has 0 radical (unpaired) electrons. The average Bonchev–Trinajstić information content (AvgIpc) is 2.45. The fourth-order valence-electron chi connectivity index (χ4n) is 1.80. The summed E-state index contributed by atoms with van der Waals surface area (Å²) in [5, 5.41) is 0. The zero-order chi connectivity index (χ0) is 14.8. The Labute approximate surface area is 135 Å². The van der Waals surface area contributed by atoms with E-state index >= 15 is 0 Å². The number of ether oxygens (including phenoxy) is 2. The first kappa shape index (κ1) is 17.3. The summed E-state index contributed by atoms with van der Waals surface area (Å²) in [5.41, 5.74) is 1.28. The zero-order valence-electron chi connectivity index (χ0n) is 12.2. The van der Waals surface area contributed by atoms with Gasteiger partial charge in [-0.2, -0.15) is 0 Å². The quantitative estimate of drug-likeness (QED) is 0.363. The molecule has 20 heavy (non-hydrogen) atoms. The normalized spacial score (nSPS) is 11.9. The molecule has 0 aliphatic heterocycles. The van der Waals surface area contributed by atoms with Crippen LogP contribution < -0.4 is 0 Å². The van der Waals surface area contributed by atoms with Crippen molar-refractivity contribution in [1.82, 2.24) is 0 Å². The number of benzene rings is 1. The van der Waals surface area contributed by atoms with Crippen molar-refractivity contribution in [3.63, 3.8) is 0 Å². The second-order valence-electron chi connectivity index (χ2n) is 4.87. The minimum Gasteiger partial charge on any atom is -0.434 e. The minimum atomic E-state index is -0.542. The topological polar surface area (TPSA) is 35.5 Å². The molecule has 0 saturated heterocycles. The molecule has 112 valence electrons. The van der Waals surface area contributed by atoms with Crippen LogP contribution in [-0.4, -0.2) is 19.4 Å². The first-order valence-corrected chi connectivity index (χ1v) is 8.27. The molecule has 1 atom stereocenters. The molecular weight excluding hydrogens is 367 g/mol. The number of hydrogen-bond acceptors (Lipinski definition) is 3. The van der Waals surface area contributed by atoms with Gasteiger partial charge in [0.15, 0.2) is 0 Å². The van der Waals surface area contributed by atoms with Gasteiger partial charge in [-0.25, -0.2) is 4.79 Å². The van der Waals surface area contributed by atoms with Crippen LogP contribution in [0.5, 0.6) is 0 Å². The molecule has 0 heterocycles. The Kier molecular flexibility index (Phi) is 8.65. The Morgan fingerprint density at radius 3 is 2.50 bits per heavy atom. The second kappa shape index (κ2) is 10.0. The van der Waals surface area contributed by atoms with E-state index < -0.39 is 6.16 Å². The van der Waals surface area contributed by atoms with Gasteiger partial charge < -0.3 is 9.47 Å². The van der Waals surface area contributed by atoms with Crippen LogP contribution in [0.1, 0.15) is 38.7 Å². The number of carbonyl (C=O) groups excluding carboxylic acids is 1. The van der Waals surface area contributed by atoms with Crippen molar-refractivity contribution < 1.29 is 14.3 Å². The maximum atomic E-state index is 11.4. The van der Waals surface area contributed by atoms with Crippen molar-refractivity contribution in [2.45, 2.75) is 39.5 Å². The lowest BCUT2D eigenvalue weighted by molar-refractivity contribution is 0.0430. The highest BCUT2D eigenvalue weighted by Crippen LogP contribution is 2.15. The van der Waals surface area contributed by atoms with Gasteiger partial charge in [-0.3, -0.25) is 0 Å². The van der Waals surface area contributed by atoms with E-state index in [-0.39, 0.29) is 0 Å². The largest absolute Gasteiger partial charge is 0.508 e. The van der Waals surface area contributed by atoms with Crippen LogP contribution in [0.15, 0.2) is 24.3 Å². The Bertz CT molecular complexity index is 389. The van der Waals surface area contributed by atoms with Crippen molar-refractivity contribution in [3.05, 3.63) is 33.4 Å². The van der Waals surface area contributed by atoms with Crippen LogP contribution in [0.2, 0.25) is 0 Å². The maximum absolute atomic E-state index is 11.4. The minimum absolute atomic E-state index is 0.341. The summed E-state index contributed by atoms with van der Waals surface area (Å²) in [6.07, 6.45) is 3.26. The summed E-state index contributed by atoms with van der Waals surface area (Å²) in [4.78, 5) is 11.4. The van der Waals surface area contributed by atoms with Crippen LogP contribution in [0.25, 0.3) is 0 Å². The molecule has 0 saturated carbocycles. The van der Waals surface area contributed by atoms with E-state index in [2.05, 4.69) is 60.7 Å². The summed E-state index contributed by atoms with van der Waals surface area (Å²) in [7, 11) is 0. The van der Waals surface area contributed by atoms with Crippen LogP contribution in [0, 0.1) is 9.49 Å². The molecule has 0 aliphatic carbocycles. The third-order valence-corrected chi connectivity index (χ3v) is 3.89. The number of carbonyl (C=O) groups is 1. The van der Waals surface area contributed by atoms with Gasteiger partial charge in [-0.1, -0.05) is 32.4 Å². The van der Waals surface area contributed by atoms with Gasteiger partial charge in [-0.15, -0.1) is 0 Å². The number of hydrogen-bond donors (Lipinski definition) is 0. The monoisotopic (exact) mass is 390 g/mol. The van der Waals surface area contributed by atoms with E-state index in [9.17, 15) is 4.79 Å². The Morgan fingerprint density at radius 2 is 1.90 bits per heavy atom. The highest BCUT2D eigenvalue weighted by atomic mass is 127. The van der Waals surface area contributed by atoms with Crippen molar-refractivity contribution >= 4 is 28.7 Å². The van der Waals surface area contributed by atoms with E-state index in [0.717, 1.165) is 25.7 Å². The molecule has 1 aromatic rings. The molecule has 0 fully saturated rings. The van der Waals surface area contributed by atoms with Gasteiger partial charge in [0.1, 0.15) is 0 Å². The lowest BCUT2D eigenvalue weighted by Crippen LogP contribution is -2.17. The number of unbranched alkanes of at least 4 members (excludes halogenated alkanes) is 1. The third-order valence-electron chi connectivity index (χ3n) is 3.17. The fourth-order valence-corrected chi connectivity index (χ4v) is 2.16. The van der Waals surface area contributed by atoms with Gasteiger partial charge in [0.2, 0.25) is 0 Å². The van der Waals surface area contributed by atoms with E-state index in [1.807, 2.05) is 0 Å². The molecule has 0 N–H and O–H groups in total. The van der Waals surface area contributed by atoms with Gasteiger partial charge in [-0.05, 0) is 65.5 Å². The van der Waals surface area contributed by atoms with Gasteiger partial charge in [0, 0.05) is 3.57 Å². The molecule has 0 bridgehead atoms. The number of rotatable bonds is 8. The highest BCUT2D eigenvalue weighted by Gasteiger charge is 2.12. The second-order valence-corrected chi connectivity index (χ2v) is 6.11. The molecule has 4 heteroatoms. The van der Waals surface area contributed by atoms with Crippen molar-refractivity contribution in [1.29, 1.82) is 0 Å². The Hall–Kier alpha value is -0.780. The lowest BCUT2D eigenvalue weighted by Gasteiger charge is -2.15. The summed E-state index contributed by atoms with van der Waals surface area (Å²) < 4.78 is 11.4. The molecule has 0 aromatic heterocycles. The molecule has 0 aliphatic rings.